The van der Waals surface area contributed by atoms with E-state index in [-0.39, 0.29) is 23.3 Å². The van der Waals surface area contributed by atoms with Gasteiger partial charge in [-0.25, -0.2) is 0 Å². The molecule has 1 heterocycles. The minimum Gasteiger partial charge on any atom is -0.484 e. The van der Waals surface area contributed by atoms with Gasteiger partial charge in [-0.2, -0.15) is 13.2 Å². The van der Waals surface area contributed by atoms with E-state index in [1.54, 1.807) is 34.9 Å². The first-order valence-corrected chi connectivity index (χ1v) is 9.05. The molecule has 1 aliphatic rings. The van der Waals surface area contributed by atoms with Crippen LogP contribution in [0.1, 0.15) is 55.6 Å². The summed E-state index contributed by atoms with van der Waals surface area (Å²) in [6.07, 6.45) is -1.36. The highest BCUT2D eigenvalue weighted by Crippen LogP contribution is 2.44. The van der Waals surface area contributed by atoms with Gasteiger partial charge in [-0.05, 0) is 39.5 Å². The molecule has 0 aromatic carbocycles. The Labute approximate surface area is 162 Å². The number of carbonyl (C=O) groups excluding carboxylic acids is 2. The van der Waals surface area contributed by atoms with Crippen LogP contribution in [0.25, 0.3) is 0 Å². The predicted molar refractivity (Wildman–Crippen MR) is 97.2 cm³/mol. The quantitative estimate of drug-likeness (QED) is 0.762. The number of carbonyl (C=O) groups is 2. The molecule has 0 saturated heterocycles. The fourth-order valence-corrected chi connectivity index (χ4v) is 2.77. The molecule has 2 rings (SSSR count). The third-order valence-corrected chi connectivity index (χ3v) is 4.92. The number of rotatable bonds is 7. The molecule has 0 spiro atoms. The van der Waals surface area contributed by atoms with E-state index in [4.69, 9.17) is 4.74 Å². The van der Waals surface area contributed by atoms with Gasteiger partial charge in [-0.1, -0.05) is 0 Å². The molecule has 0 radical (unpaired) electrons. The summed E-state index contributed by atoms with van der Waals surface area (Å²) in [5, 5.41) is 2.71. The normalized spacial score (nSPS) is 15.7. The first-order valence-electron chi connectivity index (χ1n) is 9.05. The van der Waals surface area contributed by atoms with E-state index in [0.29, 0.717) is 5.56 Å². The second-order valence-electron chi connectivity index (χ2n) is 7.90. The van der Waals surface area contributed by atoms with Crippen molar-refractivity contribution < 1.29 is 27.5 Å². The van der Waals surface area contributed by atoms with Gasteiger partial charge in [0.05, 0.1) is 5.41 Å². The van der Waals surface area contributed by atoms with E-state index in [9.17, 15) is 22.8 Å². The predicted octanol–water partition coefficient (Wildman–Crippen LogP) is 3.13. The average molecular weight is 401 g/mol. The highest BCUT2D eigenvalue weighted by molar-refractivity contribution is 5.93. The molecule has 1 aliphatic carbocycles. The lowest BCUT2D eigenvalue weighted by Gasteiger charge is -2.33. The fraction of sp³-hybridized carbons (Fsp3) is 0.632. The molecule has 1 aromatic rings. The highest BCUT2D eigenvalue weighted by atomic mass is 19.4. The first kappa shape index (κ1) is 22.0. The molecule has 1 unspecified atom stereocenters. The lowest BCUT2D eigenvalue weighted by atomic mass is 9.84. The van der Waals surface area contributed by atoms with Crippen LogP contribution in [-0.4, -0.2) is 54.6 Å². The molecular weight excluding hydrogens is 375 g/mol. The number of hydrogen-bond acceptors (Lipinski definition) is 4. The molecule has 6 nitrogen and oxygen atoms in total. The van der Waals surface area contributed by atoms with Crippen molar-refractivity contribution in [1.29, 1.82) is 0 Å². The Balaban J connectivity index is 2.17. The second kappa shape index (κ2) is 7.97. The van der Waals surface area contributed by atoms with E-state index < -0.39 is 30.1 Å². The molecule has 1 saturated carbocycles. The molecule has 2 amide bonds. The van der Waals surface area contributed by atoms with Crippen LogP contribution in [0, 0.1) is 5.41 Å². The van der Waals surface area contributed by atoms with Crippen LogP contribution >= 0.6 is 0 Å². The number of hydrogen-bond donors (Lipinski definition) is 1. The Hall–Kier alpha value is -2.32. The van der Waals surface area contributed by atoms with Crippen molar-refractivity contribution in [2.75, 3.05) is 20.7 Å². The van der Waals surface area contributed by atoms with E-state index in [2.05, 4.69) is 10.3 Å². The SMILES string of the molecule is CC(NC(=O)c1cc(OCC(F)(F)F)c(C2CC2)cn1)C(C)(C)C(=O)N(C)C. The molecule has 156 valence electrons. The Kier molecular flexibility index (Phi) is 6.25. The van der Waals surface area contributed by atoms with Gasteiger partial charge < -0.3 is 15.0 Å². The van der Waals surface area contributed by atoms with Crippen molar-refractivity contribution in [1.82, 2.24) is 15.2 Å². The molecule has 0 aliphatic heterocycles. The molecule has 1 N–H and O–H groups in total. The smallest absolute Gasteiger partial charge is 0.422 e. The summed E-state index contributed by atoms with van der Waals surface area (Å²) in [6, 6.07) is 0.710. The monoisotopic (exact) mass is 401 g/mol. The van der Waals surface area contributed by atoms with Gasteiger partial charge in [0.25, 0.3) is 5.91 Å². The minimum absolute atomic E-state index is 0.0243. The van der Waals surface area contributed by atoms with Gasteiger partial charge in [0, 0.05) is 38.0 Å². The number of alkyl halides is 3. The van der Waals surface area contributed by atoms with Crippen LogP contribution < -0.4 is 10.1 Å². The summed E-state index contributed by atoms with van der Waals surface area (Å²) in [5.41, 5.74) is -0.346. The molecule has 0 bridgehead atoms. The Morgan fingerprint density at radius 3 is 2.43 bits per heavy atom. The van der Waals surface area contributed by atoms with Crippen LogP contribution in [0.3, 0.4) is 0 Å². The molecule has 1 atom stereocenters. The topological polar surface area (TPSA) is 71.5 Å². The van der Waals surface area contributed by atoms with Crippen LogP contribution in [0.5, 0.6) is 5.75 Å². The molecule has 28 heavy (non-hydrogen) atoms. The third kappa shape index (κ3) is 5.36. The summed E-state index contributed by atoms with van der Waals surface area (Å²) < 4.78 is 42.5. The number of halogens is 3. The Morgan fingerprint density at radius 2 is 1.93 bits per heavy atom. The molecule has 1 fully saturated rings. The Morgan fingerprint density at radius 1 is 1.32 bits per heavy atom. The van der Waals surface area contributed by atoms with Crippen LogP contribution in [0.15, 0.2) is 12.3 Å². The highest BCUT2D eigenvalue weighted by Gasteiger charge is 2.37. The first-order chi connectivity index (χ1) is 12.8. The third-order valence-electron chi connectivity index (χ3n) is 4.92. The number of nitrogens with one attached hydrogen (secondary N) is 1. The summed E-state index contributed by atoms with van der Waals surface area (Å²) in [6.45, 7) is 3.68. The van der Waals surface area contributed by atoms with Crippen LogP contribution in [0.4, 0.5) is 13.2 Å². The maximum Gasteiger partial charge on any atom is 0.422 e. The average Bonchev–Trinajstić information content (AvgIpc) is 3.42. The lowest BCUT2D eigenvalue weighted by Crippen LogP contribution is -2.50. The van der Waals surface area contributed by atoms with Gasteiger partial charge in [-0.15, -0.1) is 0 Å². The summed E-state index contributed by atoms with van der Waals surface area (Å²) in [5.74, 6) is -0.599. The minimum atomic E-state index is -4.47. The van der Waals surface area contributed by atoms with Crippen molar-refractivity contribution in [3.05, 3.63) is 23.5 Å². The summed E-state index contributed by atoms with van der Waals surface area (Å²) in [7, 11) is 3.25. The number of amides is 2. The number of pyridine rings is 1. The lowest BCUT2D eigenvalue weighted by molar-refractivity contribution is -0.153. The van der Waals surface area contributed by atoms with Crippen LogP contribution in [-0.2, 0) is 4.79 Å². The van der Waals surface area contributed by atoms with E-state index >= 15 is 0 Å². The van der Waals surface area contributed by atoms with E-state index in [1.807, 2.05) is 0 Å². The number of nitrogens with zero attached hydrogens (tertiary/aromatic N) is 2. The van der Waals surface area contributed by atoms with Gasteiger partial charge >= 0.3 is 6.18 Å². The van der Waals surface area contributed by atoms with Gasteiger partial charge in [0.15, 0.2) is 6.61 Å². The zero-order valence-corrected chi connectivity index (χ0v) is 16.7. The van der Waals surface area contributed by atoms with Gasteiger partial charge in [0.1, 0.15) is 11.4 Å². The zero-order chi connectivity index (χ0) is 21.3. The van der Waals surface area contributed by atoms with Crippen molar-refractivity contribution in [3.63, 3.8) is 0 Å². The van der Waals surface area contributed by atoms with Crippen molar-refractivity contribution in [2.24, 2.45) is 5.41 Å². The maximum absolute atomic E-state index is 12.6. The van der Waals surface area contributed by atoms with Crippen molar-refractivity contribution >= 4 is 11.8 Å². The fourth-order valence-electron chi connectivity index (χ4n) is 2.77. The van der Waals surface area contributed by atoms with E-state index in [1.165, 1.54) is 17.2 Å². The van der Waals surface area contributed by atoms with Gasteiger partial charge in [-0.3, -0.25) is 14.6 Å². The number of ether oxygens (including phenoxy) is 1. The maximum atomic E-state index is 12.6. The Bertz CT molecular complexity index is 744. The zero-order valence-electron chi connectivity index (χ0n) is 16.7. The standard InChI is InChI=1S/C19H26F3N3O3/c1-11(18(2,3)17(27)25(4)5)24-16(26)14-8-15(28-10-19(20,21)22)13(9-23-14)12-6-7-12/h8-9,11-12H,6-7,10H2,1-5H3,(H,24,26). The molecular formula is C19H26F3N3O3. The van der Waals surface area contributed by atoms with Gasteiger partial charge in [0.2, 0.25) is 5.91 Å². The van der Waals surface area contributed by atoms with Crippen molar-refractivity contribution in [3.8, 4) is 5.75 Å². The van der Waals surface area contributed by atoms with E-state index in [0.717, 1.165) is 12.8 Å². The largest absolute Gasteiger partial charge is 0.484 e. The van der Waals surface area contributed by atoms with Crippen LogP contribution in [0.2, 0.25) is 0 Å². The molecule has 1 aromatic heterocycles. The molecule has 9 heteroatoms. The number of aromatic nitrogens is 1. The van der Waals surface area contributed by atoms with Crippen molar-refractivity contribution in [2.45, 2.75) is 51.7 Å². The second-order valence-corrected chi connectivity index (χ2v) is 7.90. The summed E-state index contributed by atoms with van der Waals surface area (Å²) in [4.78, 5) is 30.4. The summed E-state index contributed by atoms with van der Waals surface area (Å²) >= 11 is 0.